The summed E-state index contributed by atoms with van der Waals surface area (Å²) in [5, 5.41) is 3.62. The molecule has 2 heterocycles. The summed E-state index contributed by atoms with van der Waals surface area (Å²) in [6, 6.07) is 12.3. The van der Waals surface area contributed by atoms with Gasteiger partial charge >= 0.3 is 0 Å². The number of hydrogen-bond donors (Lipinski definition) is 2. The first kappa shape index (κ1) is 14.9. The minimum atomic E-state index is -0.690. The van der Waals surface area contributed by atoms with Crippen LogP contribution < -0.4 is 11.1 Å². The van der Waals surface area contributed by atoms with Crippen LogP contribution in [-0.2, 0) is 0 Å². The van der Waals surface area contributed by atoms with Crippen LogP contribution in [0.4, 0.5) is 5.00 Å². The predicted molar refractivity (Wildman–Crippen MR) is 88.3 cm³/mol. The summed E-state index contributed by atoms with van der Waals surface area (Å²) in [6.07, 6.45) is 3.26. The van der Waals surface area contributed by atoms with Gasteiger partial charge in [-0.3, -0.25) is 14.6 Å². The molecule has 0 atom stereocenters. The maximum absolute atomic E-state index is 12.2. The number of primary amides is 1. The van der Waals surface area contributed by atoms with E-state index in [2.05, 4.69) is 15.3 Å². The molecule has 0 spiro atoms. The number of nitrogens with two attached hydrogens (primary N) is 1. The number of amides is 2. The highest BCUT2D eigenvalue weighted by molar-refractivity contribution is 7.19. The lowest BCUT2D eigenvalue weighted by Gasteiger charge is -2.03. The number of nitrogens with one attached hydrogen (secondary N) is 1. The van der Waals surface area contributed by atoms with Gasteiger partial charge in [0.15, 0.2) is 5.69 Å². The largest absolute Gasteiger partial charge is 0.364 e. The van der Waals surface area contributed by atoms with E-state index in [1.54, 1.807) is 48.8 Å². The van der Waals surface area contributed by atoms with Gasteiger partial charge in [-0.25, -0.2) is 4.98 Å². The molecule has 2 aromatic heterocycles. The lowest BCUT2D eigenvalue weighted by Crippen LogP contribution is -2.17. The van der Waals surface area contributed by atoms with Crippen LogP contribution >= 0.6 is 11.3 Å². The lowest BCUT2D eigenvalue weighted by atomic mass is 10.2. The molecule has 3 N–H and O–H groups in total. The highest BCUT2D eigenvalue weighted by atomic mass is 32.1. The summed E-state index contributed by atoms with van der Waals surface area (Å²) >= 11 is 1.19. The van der Waals surface area contributed by atoms with E-state index in [1.165, 1.54) is 11.3 Å². The Kier molecular flexibility index (Phi) is 4.11. The highest BCUT2D eigenvalue weighted by Crippen LogP contribution is 2.32. The third kappa shape index (κ3) is 3.24. The van der Waals surface area contributed by atoms with Crippen molar-refractivity contribution in [1.82, 2.24) is 9.97 Å². The molecular formula is C16H12N4O2S. The van der Waals surface area contributed by atoms with Crippen LogP contribution in [-0.4, -0.2) is 21.8 Å². The smallest absolute Gasteiger partial charge is 0.270 e. The molecule has 6 nitrogen and oxygen atoms in total. The van der Waals surface area contributed by atoms with Gasteiger partial charge in [0.25, 0.3) is 11.8 Å². The van der Waals surface area contributed by atoms with Crippen molar-refractivity contribution >= 4 is 28.2 Å². The van der Waals surface area contributed by atoms with Crippen LogP contribution in [0.3, 0.4) is 0 Å². The van der Waals surface area contributed by atoms with E-state index in [0.717, 1.165) is 5.56 Å². The second-order valence-corrected chi connectivity index (χ2v) is 5.62. The van der Waals surface area contributed by atoms with Gasteiger partial charge in [-0.15, -0.1) is 0 Å². The predicted octanol–water partition coefficient (Wildman–Crippen LogP) is 2.56. The van der Waals surface area contributed by atoms with Crippen molar-refractivity contribution in [3.8, 4) is 10.6 Å². The zero-order valence-corrected chi connectivity index (χ0v) is 12.7. The SMILES string of the molecule is NC(=O)c1nc(-c2ccncc2)sc1NC(=O)c1ccccc1. The monoisotopic (exact) mass is 324 g/mol. The van der Waals surface area contributed by atoms with Crippen LogP contribution in [0.25, 0.3) is 10.6 Å². The molecule has 0 aliphatic heterocycles. The van der Waals surface area contributed by atoms with Crippen molar-refractivity contribution in [1.29, 1.82) is 0 Å². The van der Waals surface area contributed by atoms with Gasteiger partial charge in [0.2, 0.25) is 0 Å². The number of thiazole rings is 1. The molecule has 3 aromatic rings. The zero-order chi connectivity index (χ0) is 16.2. The van der Waals surface area contributed by atoms with E-state index in [1.807, 2.05) is 6.07 Å². The molecule has 0 fully saturated rings. The topological polar surface area (TPSA) is 98.0 Å². The number of aromatic nitrogens is 2. The third-order valence-electron chi connectivity index (χ3n) is 3.05. The first-order chi connectivity index (χ1) is 11.1. The molecule has 0 aliphatic rings. The average Bonchev–Trinajstić information content (AvgIpc) is 3.00. The van der Waals surface area contributed by atoms with Gasteiger partial charge in [-0.05, 0) is 24.3 Å². The summed E-state index contributed by atoms with van der Waals surface area (Å²) in [4.78, 5) is 32.0. The first-order valence-electron chi connectivity index (χ1n) is 6.72. The molecule has 0 saturated heterocycles. The van der Waals surface area contributed by atoms with Crippen molar-refractivity contribution in [3.63, 3.8) is 0 Å². The van der Waals surface area contributed by atoms with Crippen LogP contribution in [0.1, 0.15) is 20.8 Å². The third-order valence-corrected chi connectivity index (χ3v) is 4.07. The molecule has 7 heteroatoms. The number of pyridine rings is 1. The maximum Gasteiger partial charge on any atom is 0.270 e. The minimum Gasteiger partial charge on any atom is -0.364 e. The maximum atomic E-state index is 12.2. The normalized spacial score (nSPS) is 10.3. The average molecular weight is 324 g/mol. The lowest BCUT2D eigenvalue weighted by molar-refractivity contribution is 0.0997. The van der Waals surface area contributed by atoms with Gasteiger partial charge in [0, 0.05) is 23.5 Å². The second kappa shape index (κ2) is 6.37. The van der Waals surface area contributed by atoms with Crippen LogP contribution in [0.2, 0.25) is 0 Å². The molecule has 0 saturated carbocycles. The van der Waals surface area contributed by atoms with E-state index in [9.17, 15) is 9.59 Å². The van der Waals surface area contributed by atoms with Crippen molar-refractivity contribution in [2.75, 3.05) is 5.32 Å². The molecule has 1 aromatic carbocycles. The number of hydrogen-bond acceptors (Lipinski definition) is 5. The summed E-state index contributed by atoms with van der Waals surface area (Å²) in [5.41, 5.74) is 6.70. The summed E-state index contributed by atoms with van der Waals surface area (Å²) in [7, 11) is 0. The van der Waals surface area contributed by atoms with Gasteiger partial charge in [0.1, 0.15) is 10.0 Å². The summed E-state index contributed by atoms with van der Waals surface area (Å²) in [5.74, 6) is -1.01. The molecule has 23 heavy (non-hydrogen) atoms. The number of anilines is 1. The Balaban J connectivity index is 1.94. The van der Waals surface area contributed by atoms with Gasteiger partial charge < -0.3 is 11.1 Å². The van der Waals surface area contributed by atoms with Crippen LogP contribution in [0.5, 0.6) is 0 Å². The van der Waals surface area contributed by atoms with Gasteiger partial charge in [-0.1, -0.05) is 29.5 Å². The van der Waals surface area contributed by atoms with E-state index < -0.39 is 5.91 Å². The number of nitrogens with zero attached hydrogens (tertiary/aromatic N) is 2. The van der Waals surface area contributed by atoms with E-state index in [4.69, 9.17) is 5.73 Å². The van der Waals surface area contributed by atoms with E-state index in [-0.39, 0.29) is 11.6 Å². The number of benzene rings is 1. The van der Waals surface area contributed by atoms with Gasteiger partial charge in [-0.2, -0.15) is 0 Å². The fourth-order valence-electron chi connectivity index (χ4n) is 1.95. The number of carbonyl (C=O) groups excluding carboxylic acids is 2. The molecule has 2 amide bonds. The van der Waals surface area contributed by atoms with E-state index in [0.29, 0.717) is 15.6 Å². The van der Waals surface area contributed by atoms with Crippen molar-refractivity contribution in [2.24, 2.45) is 5.73 Å². The summed E-state index contributed by atoms with van der Waals surface area (Å²) < 4.78 is 0. The Morgan fingerprint density at radius 2 is 1.74 bits per heavy atom. The van der Waals surface area contributed by atoms with E-state index >= 15 is 0 Å². The van der Waals surface area contributed by atoms with Crippen LogP contribution in [0.15, 0.2) is 54.9 Å². The Morgan fingerprint density at radius 1 is 1.04 bits per heavy atom. The Bertz CT molecular complexity index is 847. The number of carbonyl (C=O) groups is 2. The Hall–Kier alpha value is -3.06. The zero-order valence-electron chi connectivity index (χ0n) is 11.9. The molecule has 0 aliphatic carbocycles. The van der Waals surface area contributed by atoms with Crippen molar-refractivity contribution in [3.05, 3.63) is 66.1 Å². The molecule has 3 rings (SSSR count). The van der Waals surface area contributed by atoms with Crippen LogP contribution in [0, 0.1) is 0 Å². The van der Waals surface area contributed by atoms with Crippen molar-refractivity contribution in [2.45, 2.75) is 0 Å². The molecule has 114 valence electrons. The standard InChI is InChI=1S/C16H12N4O2S/c17-13(21)12-16(20-14(22)10-4-2-1-3-5-10)23-15(19-12)11-6-8-18-9-7-11/h1-9H,(H2,17,21)(H,20,22). The fourth-order valence-corrected chi connectivity index (χ4v) is 2.93. The van der Waals surface area contributed by atoms with Gasteiger partial charge in [0.05, 0.1) is 0 Å². The quantitative estimate of drug-likeness (QED) is 0.770. The molecule has 0 bridgehead atoms. The minimum absolute atomic E-state index is 0.0473. The molecular weight excluding hydrogens is 312 g/mol. The highest BCUT2D eigenvalue weighted by Gasteiger charge is 2.19. The second-order valence-electron chi connectivity index (χ2n) is 4.62. The summed E-state index contributed by atoms with van der Waals surface area (Å²) in [6.45, 7) is 0. The Morgan fingerprint density at radius 3 is 2.39 bits per heavy atom. The first-order valence-corrected chi connectivity index (χ1v) is 7.54. The molecule has 0 unspecified atom stereocenters. The molecule has 0 radical (unpaired) electrons. The Labute approximate surface area is 136 Å². The number of rotatable bonds is 4. The fraction of sp³-hybridized carbons (Fsp3) is 0. The van der Waals surface area contributed by atoms with Crippen molar-refractivity contribution < 1.29 is 9.59 Å².